The SMILES string of the molecule is c1ccc(CCN2CCC3(CC2)CC(OCC2CC2)CO3)cc1. The van der Waals surface area contributed by atoms with Gasteiger partial charge in [-0.1, -0.05) is 30.3 Å². The molecule has 1 aromatic carbocycles. The van der Waals surface area contributed by atoms with Crippen LogP contribution < -0.4 is 0 Å². The number of hydrogen-bond donors (Lipinski definition) is 0. The van der Waals surface area contributed by atoms with Gasteiger partial charge in [0.2, 0.25) is 0 Å². The van der Waals surface area contributed by atoms with E-state index in [1.165, 1.54) is 50.9 Å². The Hall–Kier alpha value is -0.900. The van der Waals surface area contributed by atoms with Gasteiger partial charge in [0, 0.05) is 32.7 Å². The molecule has 3 fully saturated rings. The number of rotatable bonds is 6. The molecule has 1 spiro atoms. The van der Waals surface area contributed by atoms with E-state index >= 15 is 0 Å². The van der Waals surface area contributed by atoms with Crippen molar-refractivity contribution in [2.75, 3.05) is 32.8 Å². The summed E-state index contributed by atoms with van der Waals surface area (Å²) < 4.78 is 12.3. The maximum Gasteiger partial charge on any atom is 0.0836 e. The van der Waals surface area contributed by atoms with Crippen LogP contribution in [0.15, 0.2) is 30.3 Å². The molecule has 2 aliphatic heterocycles. The molecule has 3 aliphatic rings. The van der Waals surface area contributed by atoms with Gasteiger partial charge >= 0.3 is 0 Å². The van der Waals surface area contributed by atoms with Crippen LogP contribution in [0, 0.1) is 5.92 Å². The third kappa shape index (κ3) is 4.14. The largest absolute Gasteiger partial charge is 0.375 e. The van der Waals surface area contributed by atoms with Crippen LogP contribution in [0.1, 0.15) is 37.7 Å². The number of piperidine rings is 1. The number of nitrogens with zero attached hydrogens (tertiary/aromatic N) is 1. The molecule has 0 amide bonds. The first kappa shape index (κ1) is 15.6. The van der Waals surface area contributed by atoms with Gasteiger partial charge in [0.25, 0.3) is 0 Å². The summed E-state index contributed by atoms with van der Waals surface area (Å²) >= 11 is 0. The van der Waals surface area contributed by atoms with E-state index in [0.29, 0.717) is 6.10 Å². The van der Waals surface area contributed by atoms with Gasteiger partial charge in [-0.25, -0.2) is 0 Å². The number of likely N-dealkylation sites (tertiary alicyclic amines) is 1. The van der Waals surface area contributed by atoms with Gasteiger partial charge < -0.3 is 14.4 Å². The molecule has 2 heterocycles. The first-order chi connectivity index (χ1) is 11.3. The lowest BCUT2D eigenvalue weighted by Crippen LogP contribution is -2.44. The smallest absolute Gasteiger partial charge is 0.0836 e. The van der Waals surface area contributed by atoms with Crippen LogP contribution in [0.2, 0.25) is 0 Å². The summed E-state index contributed by atoms with van der Waals surface area (Å²) in [5, 5.41) is 0. The van der Waals surface area contributed by atoms with Gasteiger partial charge in [0.05, 0.1) is 18.3 Å². The van der Waals surface area contributed by atoms with E-state index in [1.807, 2.05) is 0 Å². The molecule has 1 saturated carbocycles. The Morgan fingerprint density at radius 3 is 2.65 bits per heavy atom. The molecular weight excluding hydrogens is 286 g/mol. The molecule has 0 bridgehead atoms. The van der Waals surface area contributed by atoms with Crippen molar-refractivity contribution >= 4 is 0 Å². The second kappa shape index (κ2) is 6.92. The van der Waals surface area contributed by atoms with Gasteiger partial charge in [-0.15, -0.1) is 0 Å². The predicted octanol–water partition coefficient (Wildman–Crippen LogP) is 3.28. The maximum absolute atomic E-state index is 6.21. The molecule has 1 aliphatic carbocycles. The monoisotopic (exact) mass is 315 g/mol. The van der Waals surface area contributed by atoms with E-state index in [0.717, 1.165) is 32.0 Å². The van der Waals surface area contributed by atoms with Crippen LogP contribution in [0.4, 0.5) is 0 Å². The molecule has 1 unspecified atom stereocenters. The van der Waals surface area contributed by atoms with E-state index in [1.54, 1.807) is 0 Å². The molecule has 4 rings (SSSR count). The minimum absolute atomic E-state index is 0.122. The van der Waals surface area contributed by atoms with Gasteiger partial charge in [-0.2, -0.15) is 0 Å². The lowest BCUT2D eigenvalue weighted by molar-refractivity contribution is -0.0451. The summed E-state index contributed by atoms with van der Waals surface area (Å²) in [5.74, 6) is 0.853. The molecular formula is C20H29NO2. The van der Waals surface area contributed by atoms with Gasteiger partial charge in [-0.3, -0.25) is 0 Å². The highest BCUT2D eigenvalue weighted by atomic mass is 16.6. The van der Waals surface area contributed by atoms with Crippen LogP contribution in [0.5, 0.6) is 0 Å². The van der Waals surface area contributed by atoms with Crippen LogP contribution >= 0.6 is 0 Å². The standard InChI is InChI=1S/C20H29NO2/c1-2-4-17(5-3-1)8-11-21-12-9-20(10-13-21)14-19(16-23-20)22-15-18-6-7-18/h1-5,18-19H,6-16H2. The van der Waals surface area contributed by atoms with Gasteiger partial charge in [0.1, 0.15) is 0 Å². The van der Waals surface area contributed by atoms with Gasteiger partial charge in [-0.05, 0) is 43.6 Å². The highest BCUT2D eigenvalue weighted by Gasteiger charge is 2.43. The molecule has 1 atom stereocenters. The third-order valence-electron chi connectivity index (χ3n) is 5.77. The number of ether oxygens (including phenoxy) is 2. The Labute approximate surface area is 140 Å². The van der Waals surface area contributed by atoms with E-state index in [-0.39, 0.29) is 5.60 Å². The van der Waals surface area contributed by atoms with Crippen molar-refractivity contribution in [1.82, 2.24) is 4.90 Å². The topological polar surface area (TPSA) is 21.7 Å². The quantitative estimate of drug-likeness (QED) is 0.804. The zero-order valence-electron chi connectivity index (χ0n) is 14.1. The van der Waals surface area contributed by atoms with Crippen molar-refractivity contribution in [3.05, 3.63) is 35.9 Å². The Kier molecular flexibility index (Phi) is 4.70. The van der Waals surface area contributed by atoms with Crippen molar-refractivity contribution in [3.8, 4) is 0 Å². The first-order valence-corrected chi connectivity index (χ1v) is 9.33. The van der Waals surface area contributed by atoms with E-state index < -0.39 is 0 Å². The Morgan fingerprint density at radius 1 is 1.13 bits per heavy atom. The Morgan fingerprint density at radius 2 is 1.91 bits per heavy atom. The average Bonchev–Trinajstić information content (AvgIpc) is 3.35. The Balaban J connectivity index is 1.20. The molecule has 0 aromatic heterocycles. The fraction of sp³-hybridized carbons (Fsp3) is 0.700. The lowest BCUT2D eigenvalue weighted by atomic mass is 9.88. The van der Waals surface area contributed by atoms with Crippen molar-refractivity contribution in [2.45, 2.75) is 50.2 Å². The van der Waals surface area contributed by atoms with Crippen molar-refractivity contribution in [1.29, 1.82) is 0 Å². The summed E-state index contributed by atoms with van der Waals surface area (Å²) in [5.41, 5.74) is 1.57. The molecule has 3 nitrogen and oxygen atoms in total. The molecule has 0 radical (unpaired) electrons. The maximum atomic E-state index is 6.21. The molecule has 23 heavy (non-hydrogen) atoms. The molecule has 1 aromatic rings. The summed E-state index contributed by atoms with van der Waals surface area (Å²) in [6.45, 7) is 5.29. The highest BCUT2D eigenvalue weighted by molar-refractivity contribution is 5.14. The minimum atomic E-state index is 0.122. The van der Waals surface area contributed by atoms with E-state index in [9.17, 15) is 0 Å². The summed E-state index contributed by atoms with van der Waals surface area (Å²) in [6.07, 6.45) is 7.71. The lowest BCUT2D eigenvalue weighted by Gasteiger charge is -2.38. The van der Waals surface area contributed by atoms with E-state index in [2.05, 4.69) is 35.2 Å². The van der Waals surface area contributed by atoms with Crippen LogP contribution in [0.3, 0.4) is 0 Å². The first-order valence-electron chi connectivity index (χ1n) is 9.33. The normalized spacial score (nSPS) is 27.6. The number of benzene rings is 1. The van der Waals surface area contributed by atoms with Crippen LogP contribution in [-0.2, 0) is 15.9 Å². The van der Waals surface area contributed by atoms with E-state index in [4.69, 9.17) is 9.47 Å². The number of hydrogen-bond acceptors (Lipinski definition) is 3. The predicted molar refractivity (Wildman–Crippen MR) is 91.6 cm³/mol. The zero-order chi connectivity index (χ0) is 15.5. The molecule has 126 valence electrons. The van der Waals surface area contributed by atoms with Crippen molar-refractivity contribution in [2.24, 2.45) is 5.92 Å². The fourth-order valence-electron chi connectivity index (χ4n) is 3.93. The second-order valence-electron chi connectivity index (χ2n) is 7.67. The third-order valence-corrected chi connectivity index (χ3v) is 5.77. The molecule has 2 saturated heterocycles. The van der Waals surface area contributed by atoms with Crippen molar-refractivity contribution in [3.63, 3.8) is 0 Å². The second-order valence-corrected chi connectivity index (χ2v) is 7.67. The summed E-state index contributed by atoms with van der Waals surface area (Å²) in [4.78, 5) is 2.60. The zero-order valence-corrected chi connectivity index (χ0v) is 14.1. The molecule has 0 N–H and O–H groups in total. The fourth-order valence-corrected chi connectivity index (χ4v) is 3.93. The molecule has 3 heteroatoms. The van der Waals surface area contributed by atoms with Crippen LogP contribution in [-0.4, -0.2) is 49.5 Å². The highest BCUT2D eigenvalue weighted by Crippen LogP contribution is 2.38. The summed E-state index contributed by atoms with van der Waals surface area (Å²) in [7, 11) is 0. The van der Waals surface area contributed by atoms with Gasteiger partial charge in [0.15, 0.2) is 0 Å². The van der Waals surface area contributed by atoms with Crippen LogP contribution in [0.25, 0.3) is 0 Å². The average molecular weight is 315 g/mol. The summed E-state index contributed by atoms with van der Waals surface area (Å²) in [6, 6.07) is 10.8. The van der Waals surface area contributed by atoms with Crippen molar-refractivity contribution < 1.29 is 9.47 Å². The minimum Gasteiger partial charge on any atom is -0.375 e. The Bertz CT molecular complexity index is 492.